The summed E-state index contributed by atoms with van der Waals surface area (Å²) in [7, 11) is 0. The van der Waals surface area contributed by atoms with Gasteiger partial charge in [0.1, 0.15) is 11.6 Å². The van der Waals surface area contributed by atoms with Crippen molar-refractivity contribution < 1.29 is 33.1 Å². The third kappa shape index (κ3) is 6.68. The van der Waals surface area contributed by atoms with Crippen molar-refractivity contribution in [1.29, 1.82) is 0 Å². The smallest absolute Gasteiger partial charge is 0.323 e. The van der Waals surface area contributed by atoms with Gasteiger partial charge in [-0.05, 0) is 60.2 Å². The second kappa shape index (κ2) is 11.9. The molecule has 0 aliphatic carbocycles. The van der Waals surface area contributed by atoms with E-state index in [1.165, 1.54) is 59.5 Å². The van der Waals surface area contributed by atoms with Crippen LogP contribution in [0, 0.1) is 11.6 Å². The van der Waals surface area contributed by atoms with Gasteiger partial charge in [0.15, 0.2) is 6.17 Å². The van der Waals surface area contributed by atoms with Gasteiger partial charge in [0, 0.05) is 29.4 Å². The number of hydrogen-bond acceptors (Lipinski definition) is 4. The first kappa shape index (κ1) is 27.5. The number of anilines is 1. The van der Waals surface area contributed by atoms with Crippen LogP contribution in [0.4, 0.5) is 19.3 Å². The summed E-state index contributed by atoms with van der Waals surface area (Å²) in [6.45, 7) is -0.0605. The van der Waals surface area contributed by atoms with Crippen LogP contribution in [0.1, 0.15) is 28.4 Å². The van der Waals surface area contributed by atoms with E-state index in [0.717, 1.165) is 23.1 Å². The van der Waals surface area contributed by atoms with E-state index < -0.39 is 54.1 Å². The first-order valence-corrected chi connectivity index (χ1v) is 12.2. The van der Waals surface area contributed by atoms with Crippen molar-refractivity contribution in [2.75, 3.05) is 18.4 Å². The van der Waals surface area contributed by atoms with Crippen molar-refractivity contribution in [3.05, 3.63) is 101 Å². The molecular formula is C27H23ClF2N4O5. The van der Waals surface area contributed by atoms with Gasteiger partial charge < -0.3 is 20.6 Å². The summed E-state index contributed by atoms with van der Waals surface area (Å²) >= 11 is 5.93. The van der Waals surface area contributed by atoms with Gasteiger partial charge in [-0.3, -0.25) is 19.3 Å². The Morgan fingerprint density at radius 2 is 1.59 bits per heavy atom. The number of halogens is 3. The summed E-state index contributed by atoms with van der Waals surface area (Å²) in [6, 6.07) is 14.2. The third-order valence-corrected chi connectivity index (χ3v) is 6.32. The number of carbonyl (C=O) groups excluding carboxylic acids is 3. The number of hydrogen-bond donors (Lipinski definition) is 3. The molecule has 4 amide bonds. The van der Waals surface area contributed by atoms with Crippen LogP contribution in [0.2, 0.25) is 5.02 Å². The summed E-state index contributed by atoms with van der Waals surface area (Å²) in [5.41, 5.74) is 0.665. The number of urea groups is 1. The van der Waals surface area contributed by atoms with E-state index in [0.29, 0.717) is 10.6 Å². The molecule has 3 aromatic carbocycles. The number of amides is 4. The Balaban J connectivity index is 1.64. The minimum atomic E-state index is -1.47. The van der Waals surface area contributed by atoms with Gasteiger partial charge in [-0.15, -0.1) is 0 Å². The molecule has 1 heterocycles. The molecule has 0 saturated carbocycles. The van der Waals surface area contributed by atoms with Gasteiger partial charge in [0.2, 0.25) is 0 Å². The van der Waals surface area contributed by atoms with E-state index in [9.17, 15) is 33.1 Å². The lowest BCUT2D eigenvalue weighted by Crippen LogP contribution is -2.55. The molecular weight excluding hydrogens is 534 g/mol. The second-order valence-corrected chi connectivity index (χ2v) is 9.16. The molecule has 2 atom stereocenters. The van der Waals surface area contributed by atoms with Crippen molar-refractivity contribution in [3.8, 4) is 0 Å². The molecule has 0 bridgehead atoms. The molecule has 4 rings (SSSR count). The lowest BCUT2D eigenvalue weighted by Gasteiger charge is -2.31. The number of rotatable bonds is 7. The zero-order chi connectivity index (χ0) is 28.1. The zero-order valence-electron chi connectivity index (χ0n) is 20.3. The number of carbonyl (C=O) groups is 4. The molecule has 202 valence electrons. The van der Waals surface area contributed by atoms with Gasteiger partial charge in [0.25, 0.3) is 11.8 Å². The molecule has 0 spiro atoms. The highest BCUT2D eigenvalue weighted by molar-refractivity contribution is 6.30. The molecule has 1 saturated heterocycles. The van der Waals surface area contributed by atoms with Gasteiger partial charge in [-0.1, -0.05) is 29.8 Å². The van der Waals surface area contributed by atoms with Crippen molar-refractivity contribution >= 4 is 41.1 Å². The Bertz CT molecular complexity index is 1390. The number of carboxylic acids is 1. The van der Waals surface area contributed by atoms with E-state index in [1.54, 1.807) is 0 Å². The summed E-state index contributed by atoms with van der Waals surface area (Å²) in [6.07, 6.45) is -2.01. The summed E-state index contributed by atoms with van der Waals surface area (Å²) in [5, 5.41) is 14.9. The quantitative estimate of drug-likeness (QED) is 0.402. The molecule has 1 aliphatic rings. The van der Waals surface area contributed by atoms with E-state index in [4.69, 9.17) is 11.6 Å². The predicted octanol–water partition coefficient (Wildman–Crippen LogP) is 4.27. The lowest BCUT2D eigenvalue weighted by atomic mass is 10.0. The number of benzene rings is 3. The third-order valence-electron chi connectivity index (χ3n) is 6.06. The zero-order valence-corrected chi connectivity index (χ0v) is 21.1. The van der Waals surface area contributed by atoms with E-state index in [2.05, 4.69) is 10.6 Å². The molecule has 0 radical (unpaired) electrons. The first-order valence-electron chi connectivity index (χ1n) is 11.8. The fraction of sp³-hybridized carbons (Fsp3) is 0.185. The molecule has 2 unspecified atom stereocenters. The maximum atomic E-state index is 13.7. The van der Waals surface area contributed by atoms with Crippen LogP contribution in [0.15, 0.2) is 72.8 Å². The average Bonchev–Trinajstić information content (AvgIpc) is 3.34. The van der Waals surface area contributed by atoms with E-state index >= 15 is 0 Å². The van der Waals surface area contributed by atoms with Crippen molar-refractivity contribution in [2.45, 2.75) is 18.6 Å². The Morgan fingerprint density at radius 3 is 2.23 bits per heavy atom. The predicted molar refractivity (Wildman–Crippen MR) is 138 cm³/mol. The number of carboxylic acid groups (broad SMARTS) is 1. The fourth-order valence-corrected chi connectivity index (χ4v) is 4.35. The van der Waals surface area contributed by atoms with Gasteiger partial charge in [0.05, 0.1) is 12.5 Å². The Hall–Kier alpha value is -4.51. The maximum absolute atomic E-state index is 13.7. The normalized spacial score (nSPS) is 15.5. The highest BCUT2D eigenvalue weighted by atomic mass is 35.5. The molecule has 12 heteroatoms. The molecule has 3 N–H and O–H groups in total. The van der Waals surface area contributed by atoms with Crippen molar-refractivity contribution in [3.63, 3.8) is 0 Å². The van der Waals surface area contributed by atoms with Crippen LogP contribution in [0.3, 0.4) is 0 Å². The van der Waals surface area contributed by atoms with E-state index in [1.807, 2.05) is 0 Å². The van der Waals surface area contributed by atoms with Crippen molar-refractivity contribution in [1.82, 2.24) is 15.1 Å². The Kier molecular flexibility index (Phi) is 8.40. The summed E-state index contributed by atoms with van der Waals surface area (Å²) in [4.78, 5) is 54.0. The maximum Gasteiger partial charge on any atom is 0.323 e. The fourth-order valence-electron chi connectivity index (χ4n) is 4.22. The van der Waals surface area contributed by atoms with Crippen LogP contribution in [-0.4, -0.2) is 58.0 Å². The van der Waals surface area contributed by atoms with Crippen LogP contribution in [-0.2, 0) is 9.59 Å². The standard InChI is InChI=1S/C27H23ClF2N4O5/c28-18-8-4-17(5-9-18)26(38)33-12-13-34(27(39)31-21-3-1-2-20(30)14-21)25(33)24(37)32-22(15-23(35)36)16-6-10-19(29)11-7-16/h1-11,14,22,25H,12-13,15H2,(H,31,39)(H,32,37)(H,35,36). The molecule has 1 fully saturated rings. The van der Waals surface area contributed by atoms with Gasteiger partial charge in [-0.2, -0.15) is 0 Å². The molecule has 39 heavy (non-hydrogen) atoms. The van der Waals surface area contributed by atoms with Crippen LogP contribution in [0.5, 0.6) is 0 Å². The SMILES string of the molecule is O=C(O)CC(NC(=O)C1N(C(=O)Nc2cccc(F)c2)CCN1C(=O)c1ccc(Cl)cc1)c1ccc(F)cc1. The van der Waals surface area contributed by atoms with Crippen LogP contribution >= 0.6 is 11.6 Å². The average molecular weight is 557 g/mol. The molecule has 3 aromatic rings. The van der Waals surface area contributed by atoms with Crippen LogP contribution in [0.25, 0.3) is 0 Å². The second-order valence-electron chi connectivity index (χ2n) is 8.72. The first-order chi connectivity index (χ1) is 18.6. The molecule has 9 nitrogen and oxygen atoms in total. The number of nitrogens with one attached hydrogen (secondary N) is 2. The largest absolute Gasteiger partial charge is 0.481 e. The highest BCUT2D eigenvalue weighted by Gasteiger charge is 2.43. The minimum absolute atomic E-state index is 0.0176. The summed E-state index contributed by atoms with van der Waals surface area (Å²) in [5.74, 6) is -3.76. The number of nitrogens with zero attached hydrogens (tertiary/aromatic N) is 2. The monoisotopic (exact) mass is 556 g/mol. The van der Waals surface area contributed by atoms with Gasteiger partial charge >= 0.3 is 12.0 Å². The summed E-state index contributed by atoms with van der Waals surface area (Å²) < 4.78 is 27.1. The highest BCUT2D eigenvalue weighted by Crippen LogP contribution is 2.24. The van der Waals surface area contributed by atoms with Crippen molar-refractivity contribution in [2.24, 2.45) is 0 Å². The topological polar surface area (TPSA) is 119 Å². The minimum Gasteiger partial charge on any atom is -0.481 e. The molecule has 0 aromatic heterocycles. The lowest BCUT2D eigenvalue weighted by molar-refractivity contribution is -0.138. The Morgan fingerprint density at radius 1 is 0.923 bits per heavy atom. The van der Waals surface area contributed by atoms with Crippen LogP contribution < -0.4 is 10.6 Å². The Labute approximate surface area is 227 Å². The number of aliphatic carboxylic acids is 1. The van der Waals surface area contributed by atoms with E-state index in [-0.39, 0.29) is 24.3 Å². The molecule has 1 aliphatic heterocycles. The van der Waals surface area contributed by atoms with Gasteiger partial charge in [-0.25, -0.2) is 13.6 Å².